The van der Waals surface area contributed by atoms with E-state index in [0.717, 1.165) is 24.2 Å². The van der Waals surface area contributed by atoms with E-state index in [1.165, 1.54) is 14.2 Å². The Morgan fingerprint density at radius 1 is 1.14 bits per heavy atom. The molecule has 1 unspecified atom stereocenters. The van der Waals surface area contributed by atoms with Gasteiger partial charge in [-0.3, -0.25) is 15.0 Å². The lowest BCUT2D eigenvalue weighted by atomic mass is 10.1. The second kappa shape index (κ2) is 9.40. The number of nitrogens with zero attached hydrogens (tertiary/aromatic N) is 1. The number of hydrogen-bond acceptors (Lipinski definition) is 8. The summed E-state index contributed by atoms with van der Waals surface area (Å²) in [6.45, 7) is 0.126. The Hall–Kier alpha value is -3.56. The van der Waals surface area contributed by atoms with Crippen LogP contribution in [0.3, 0.4) is 0 Å². The zero-order chi connectivity index (χ0) is 20.7. The lowest BCUT2D eigenvalue weighted by Crippen LogP contribution is -2.50. The summed E-state index contributed by atoms with van der Waals surface area (Å²) in [6, 6.07) is 2.91. The van der Waals surface area contributed by atoms with Gasteiger partial charge in [0.2, 0.25) is 0 Å². The fourth-order valence-corrected chi connectivity index (χ4v) is 2.61. The van der Waals surface area contributed by atoms with Crippen LogP contribution in [0.15, 0.2) is 30.4 Å². The van der Waals surface area contributed by atoms with E-state index in [4.69, 9.17) is 14.2 Å². The van der Waals surface area contributed by atoms with Gasteiger partial charge in [0.25, 0.3) is 5.91 Å². The maximum atomic E-state index is 12.9. The molecule has 0 aliphatic carbocycles. The Morgan fingerprint density at radius 2 is 1.79 bits per heavy atom. The van der Waals surface area contributed by atoms with E-state index in [-0.39, 0.29) is 30.2 Å². The lowest BCUT2D eigenvalue weighted by Gasteiger charge is -2.28. The van der Waals surface area contributed by atoms with Gasteiger partial charge in [-0.2, -0.15) is 0 Å². The molecule has 1 aromatic rings. The van der Waals surface area contributed by atoms with Gasteiger partial charge in [-0.05, 0) is 12.1 Å². The number of anilines is 1. The van der Waals surface area contributed by atoms with Crippen molar-refractivity contribution in [2.45, 2.75) is 12.5 Å². The normalized spacial score (nSPS) is 15.7. The number of para-hydroxylation sites is 1. The van der Waals surface area contributed by atoms with E-state index in [2.05, 4.69) is 10.1 Å². The predicted molar refractivity (Wildman–Crippen MR) is 96.1 cm³/mol. The monoisotopic (exact) mass is 392 g/mol. The summed E-state index contributed by atoms with van der Waals surface area (Å²) in [5, 5.41) is 2.09. The van der Waals surface area contributed by atoms with Gasteiger partial charge >= 0.3 is 18.0 Å². The van der Waals surface area contributed by atoms with Crippen molar-refractivity contribution < 1.29 is 38.1 Å². The highest BCUT2D eigenvalue weighted by molar-refractivity contribution is 6.10. The smallest absolute Gasteiger partial charge is 0.330 e. The number of methoxy groups -OCH3 is 3. The Labute approximate surface area is 161 Å². The number of hydrogen-bond donors (Lipinski definition) is 1. The molecule has 3 amide bonds. The van der Waals surface area contributed by atoms with Crippen molar-refractivity contribution in [1.29, 1.82) is 0 Å². The molecule has 1 saturated heterocycles. The number of esters is 2. The summed E-state index contributed by atoms with van der Waals surface area (Å²) in [6.07, 6.45) is 1.93. The molecule has 1 aromatic carbocycles. The second-order valence-corrected chi connectivity index (χ2v) is 5.50. The van der Waals surface area contributed by atoms with E-state index in [1.54, 1.807) is 18.2 Å². The molecule has 10 heteroatoms. The summed E-state index contributed by atoms with van der Waals surface area (Å²) >= 11 is 0. The molecular weight excluding hydrogens is 372 g/mol. The number of nitrogens with one attached hydrogen (secondary N) is 1. The fraction of sp³-hybridized carbons (Fsp3) is 0.333. The Balaban J connectivity index is 2.40. The number of amides is 3. The van der Waals surface area contributed by atoms with Gasteiger partial charge in [0.1, 0.15) is 23.2 Å². The molecule has 10 nitrogen and oxygen atoms in total. The number of ether oxygens (including phenoxy) is 4. The minimum Gasteiger partial charge on any atom is -0.494 e. The SMILES string of the molecule is COC(=O)/C=C/C(=O)NC(=O)N(c1c(OC)cccc1OC)C1CCOC1=O. The number of urea groups is 1. The van der Waals surface area contributed by atoms with Gasteiger partial charge in [-0.15, -0.1) is 0 Å². The zero-order valence-electron chi connectivity index (χ0n) is 15.6. The number of carbonyl (C=O) groups excluding carboxylic acids is 4. The molecule has 0 spiro atoms. The molecule has 150 valence electrons. The van der Waals surface area contributed by atoms with E-state index < -0.39 is 29.9 Å². The van der Waals surface area contributed by atoms with Crippen molar-refractivity contribution in [2.24, 2.45) is 0 Å². The van der Waals surface area contributed by atoms with Crippen molar-refractivity contribution in [3.63, 3.8) is 0 Å². The standard InChI is InChI=1S/C18H20N2O8/c1-25-12-5-4-6-13(26-2)16(12)20(11-9-10-28-17(11)23)18(24)19-14(21)7-8-15(22)27-3/h4-8,11H,9-10H2,1-3H3,(H,19,21,24)/b8-7+. The van der Waals surface area contributed by atoms with Crippen LogP contribution < -0.4 is 19.7 Å². The van der Waals surface area contributed by atoms with Crippen LogP contribution >= 0.6 is 0 Å². The van der Waals surface area contributed by atoms with Crippen molar-refractivity contribution >= 4 is 29.6 Å². The van der Waals surface area contributed by atoms with Crippen LogP contribution in [0.1, 0.15) is 6.42 Å². The molecule has 0 radical (unpaired) electrons. The molecule has 28 heavy (non-hydrogen) atoms. The second-order valence-electron chi connectivity index (χ2n) is 5.50. The molecule has 1 atom stereocenters. The molecule has 1 aliphatic heterocycles. The maximum Gasteiger partial charge on any atom is 0.330 e. The Bertz CT molecular complexity index is 783. The molecule has 0 aromatic heterocycles. The first-order chi connectivity index (χ1) is 13.4. The summed E-state index contributed by atoms with van der Waals surface area (Å²) in [5.74, 6) is -1.75. The number of carbonyl (C=O) groups is 4. The first kappa shape index (κ1) is 20.7. The lowest BCUT2D eigenvalue weighted by molar-refractivity contribution is -0.139. The summed E-state index contributed by atoms with van der Waals surface area (Å²) < 4.78 is 19.9. The minimum absolute atomic E-state index is 0.126. The highest BCUT2D eigenvalue weighted by Gasteiger charge is 2.39. The number of benzene rings is 1. The summed E-state index contributed by atoms with van der Waals surface area (Å²) in [4.78, 5) is 49.1. The van der Waals surface area contributed by atoms with Crippen molar-refractivity contribution in [2.75, 3.05) is 32.8 Å². The van der Waals surface area contributed by atoms with Gasteiger partial charge in [-0.1, -0.05) is 6.07 Å². The number of cyclic esters (lactones) is 1. The van der Waals surface area contributed by atoms with Gasteiger partial charge < -0.3 is 18.9 Å². The van der Waals surface area contributed by atoms with E-state index in [0.29, 0.717) is 0 Å². The van der Waals surface area contributed by atoms with Crippen LogP contribution in [0.5, 0.6) is 11.5 Å². The summed E-state index contributed by atoms with van der Waals surface area (Å²) in [5.41, 5.74) is 0.165. The van der Waals surface area contributed by atoms with Gasteiger partial charge in [0.15, 0.2) is 0 Å². The molecule has 1 fully saturated rings. The molecule has 2 rings (SSSR count). The third-order valence-corrected chi connectivity index (χ3v) is 3.88. The third-order valence-electron chi connectivity index (χ3n) is 3.88. The Kier molecular flexibility index (Phi) is 6.96. The van der Waals surface area contributed by atoms with E-state index in [1.807, 2.05) is 0 Å². The molecule has 0 saturated carbocycles. The fourth-order valence-electron chi connectivity index (χ4n) is 2.61. The summed E-state index contributed by atoms with van der Waals surface area (Å²) in [7, 11) is 3.94. The molecule has 0 bridgehead atoms. The predicted octanol–water partition coefficient (Wildman–Crippen LogP) is 0.791. The number of rotatable bonds is 6. The van der Waals surface area contributed by atoms with Crippen LogP contribution in [0.4, 0.5) is 10.5 Å². The van der Waals surface area contributed by atoms with Crippen LogP contribution in [-0.4, -0.2) is 57.9 Å². The van der Waals surface area contributed by atoms with Crippen LogP contribution in [-0.2, 0) is 23.9 Å². The van der Waals surface area contributed by atoms with E-state index in [9.17, 15) is 19.2 Å². The highest BCUT2D eigenvalue weighted by atomic mass is 16.5. The average molecular weight is 392 g/mol. The first-order valence-electron chi connectivity index (χ1n) is 8.20. The largest absolute Gasteiger partial charge is 0.494 e. The molecular formula is C18H20N2O8. The topological polar surface area (TPSA) is 120 Å². The van der Waals surface area contributed by atoms with Crippen LogP contribution in [0, 0.1) is 0 Å². The first-order valence-corrected chi connectivity index (χ1v) is 8.20. The Morgan fingerprint density at radius 3 is 2.29 bits per heavy atom. The zero-order valence-corrected chi connectivity index (χ0v) is 15.6. The van der Waals surface area contributed by atoms with Gasteiger partial charge in [0.05, 0.1) is 27.9 Å². The average Bonchev–Trinajstić information content (AvgIpc) is 3.11. The molecule has 1 heterocycles. The highest BCUT2D eigenvalue weighted by Crippen LogP contribution is 2.40. The van der Waals surface area contributed by atoms with Gasteiger partial charge in [0, 0.05) is 18.6 Å². The maximum absolute atomic E-state index is 12.9. The van der Waals surface area contributed by atoms with Crippen molar-refractivity contribution in [1.82, 2.24) is 5.32 Å². The van der Waals surface area contributed by atoms with Crippen LogP contribution in [0.2, 0.25) is 0 Å². The van der Waals surface area contributed by atoms with E-state index >= 15 is 0 Å². The quantitative estimate of drug-likeness (QED) is 0.557. The third kappa shape index (κ3) is 4.58. The molecule has 1 aliphatic rings. The number of imide groups is 1. The van der Waals surface area contributed by atoms with Gasteiger partial charge in [-0.25, -0.2) is 14.4 Å². The molecule has 1 N–H and O–H groups in total. The van der Waals surface area contributed by atoms with Crippen molar-refractivity contribution in [3.8, 4) is 11.5 Å². The minimum atomic E-state index is -0.984. The van der Waals surface area contributed by atoms with Crippen molar-refractivity contribution in [3.05, 3.63) is 30.4 Å². The van der Waals surface area contributed by atoms with Crippen LogP contribution in [0.25, 0.3) is 0 Å².